The predicted molar refractivity (Wildman–Crippen MR) is 107 cm³/mol. The fraction of sp³-hybridized carbons (Fsp3) is 0.211. The second-order valence-electron chi connectivity index (χ2n) is 6.11. The van der Waals surface area contributed by atoms with E-state index in [2.05, 4.69) is 10.4 Å². The van der Waals surface area contributed by atoms with Crippen molar-refractivity contribution in [2.45, 2.75) is 13.8 Å². The summed E-state index contributed by atoms with van der Waals surface area (Å²) in [6, 6.07) is 6.58. The van der Waals surface area contributed by atoms with Gasteiger partial charge in [-0.1, -0.05) is 0 Å². The summed E-state index contributed by atoms with van der Waals surface area (Å²) >= 11 is 0. The van der Waals surface area contributed by atoms with Gasteiger partial charge in [-0.3, -0.25) is 4.79 Å². The van der Waals surface area contributed by atoms with Gasteiger partial charge in [-0.25, -0.2) is 20.0 Å². The highest BCUT2D eigenvalue weighted by molar-refractivity contribution is 5.96. The van der Waals surface area contributed by atoms with E-state index in [0.29, 0.717) is 11.2 Å². The number of amides is 1. The molecule has 0 aliphatic carbocycles. The van der Waals surface area contributed by atoms with Crippen LogP contribution in [0.15, 0.2) is 29.2 Å². The lowest BCUT2D eigenvalue weighted by Crippen LogP contribution is -2.35. The smallest absolute Gasteiger partial charge is 0.426 e. The number of hydrogen-bond acceptors (Lipinski definition) is 8. The van der Waals surface area contributed by atoms with Crippen molar-refractivity contribution < 1.29 is 19.1 Å². The minimum atomic E-state index is -0.801. The molecule has 11 heteroatoms. The molecule has 2 aromatic heterocycles. The third-order valence-electron chi connectivity index (χ3n) is 4.32. The van der Waals surface area contributed by atoms with E-state index in [4.69, 9.17) is 15.2 Å². The molecule has 3 aromatic rings. The number of aromatic nitrogens is 3. The number of carbonyl (C=O) groups is 2. The second kappa shape index (κ2) is 7.96. The molecule has 30 heavy (non-hydrogen) atoms. The normalized spacial score (nSPS) is 10.5. The summed E-state index contributed by atoms with van der Waals surface area (Å²) in [7, 11) is 1.19. The van der Waals surface area contributed by atoms with Crippen molar-refractivity contribution in [3.8, 4) is 11.8 Å². The van der Waals surface area contributed by atoms with Crippen molar-refractivity contribution >= 4 is 28.7 Å². The van der Waals surface area contributed by atoms with E-state index in [1.54, 1.807) is 26.0 Å². The Labute approximate surface area is 170 Å². The van der Waals surface area contributed by atoms with Crippen molar-refractivity contribution in [3.05, 3.63) is 51.8 Å². The predicted octanol–water partition coefficient (Wildman–Crippen LogP) is 1.44. The molecule has 0 saturated heterocycles. The molecule has 1 aromatic carbocycles. The van der Waals surface area contributed by atoms with Gasteiger partial charge in [0.1, 0.15) is 11.9 Å². The van der Waals surface area contributed by atoms with Gasteiger partial charge in [0.2, 0.25) is 0 Å². The Kier molecular flexibility index (Phi) is 5.41. The molecule has 0 atom stereocenters. The van der Waals surface area contributed by atoms with E-state index in [-0.39, 0.29) is 34.8 Å². The molecule has 3 N–H and O–H groups in total. The van der Waals surface area contributed by atoms with Gasteiger partial charge >= 0.3 is 12.1 Å². The molecule has 0 aliphatic heterocycles. The van der Waals surface area contributed by atoms with Crippen molar-refractivity contribution in [2.75, 3.05) is 24.9 Å². The van der Waals surface area contributed by atoms with Crippen LogP contribution in [-0.4, -0.2) is 40.0 Å². The average Bonchev–Trinajstić information content (AvgIpc) is 3.07. The number of hydrogen-bond donors (Lipinski definition) is 2. The van der Waals surface area contributed by atoms with Crippen LogP contribution in [0.2, 0.25) is 0 Å². The van der Waals surface area contributed by atoms with Gasteiger partial charge < -0.3 is 19.8 Å². The van der Waals surface area contributed by atoms with Gasteiger partial charge in [-0.05, 0) is 32.0 Å². The van der Waals surface area contributed by atoms with E-state index >= 15 is 0 Å². The topological polar surface area (TPSA) is 154 Å². The number of nitrogen functional groups attached to an aromatic ring is 1. The van der Waals surface area contributed by atoms with E-state index in [9.17, 15) is 19.6 Å². The average molecular weight is 410 g/mol. The third kappa shape index (κ3) is 3.42. The first kappa shape index (κ1) is 20.4. The Bertz CT molecular complexity index is 1270. The maximum atomic E-state index is 13.0. The SMILES string of the molecule is CCOC(=O)Nn1c(C)nc2ccc(-n3cc(C#N)c(N)c3C(=O)OC)cc2c1=O. The van der Waals surface area contributed by atoms with Crippen LogP contribution in [0.1, 0.15) is 28.8 Å². The van der Waals surface area contributed by atoms with E-state index in [1.165, 1.54) is 23.9 Å². The second-order valence-corrected chi connectivity index (χ2v) is 6.11. The van der Waals surface area contributed by atoms with Crippen LogP contribution in [0, 0.1) is 18.3 Å². The summed E-state index contributed by atoms with van der Waals surface area (Å²) in [6.07, 6.45) is 0.574. The van der Waals surface area contributed by atoms with Gasteiger partial charge in [0.25, 0.3) is 5.56 Å². The Hall–Kier alpha value is -4.33. The maximum absolute atomic E-state index is 13.0. The monoisotopic (exact) mass is 410 g/mol. The molecule has 3 rings (SSSR count). The summed E-state index contributed by atoms with van der Waals surface area (Å²) in [6.45, 7) is 3.33. The number of methoxy groups -OCH3 is 1. The maximum Gasteiger partial charge on any atom is 0.426 e. The molecule has 0 bridgehead atoms. The molecule has 0 radical (unpaired) electrons. The lowest BCUT2D eigenvalue weighted by molar-refractivity contribution is 0.0593. The Morgan fingerprint density at radius 1 is 1.37 bits per heavy atom. The van der Waals surface area contributed by atoms with Crippen molar-refractivity contribution in [3.63, 3.8) is 0 Å². The molecule has 11 nitrogen and oxygen atoms in total. The van der Waals surface area contributed by atoms with E-state index in [0.717, 1.165) is 4.68 Å². The van der Waals surface area contributed by atoms with Gasteiger partial charge in [0.15, 0.2) is 5.69 Å². The molecule has 2 heterocycles. The fourth-order valence-electron chi connectivity index (χ4n) is 2.94. The first-order valence-electron chi connectivity index (χ1n) is 8.79. The number of nitriles is 1. The van der Waals surface area contributed by atoms with Crippen LogP contribution in [0.25, 0.3) is 16.6 Å². The minimum absolute atomic E-state index is 0.0344. The lowest BCUT2D eigenvalue weighted by Gasteiger charge is -2.13. The fourth-order valence-corrected chi connectivity index (χ4v) is 2.94. The summed E-state index contributed by atoms with van der Waals surface area (Å²) in [5.74, 6) is -0.488. The van der Waals surface area contributed by atoms with Crippen LogP contribution >= 0.6 is 0 Å². The standard InChI is InChI=1S/C19H18N6O5/c1-4-30-19(28)23-25-10(2)22-14-6-5-12(7-13(14)17(25)26)24-9-11(8-20)15(21)16(24)18(27)29-3/h5-7,9H,4,21H2,1-3H3,(H,23,28). The number of nitrogens with two attached hydrogens (primary N) is 1. The molecular weight excluding hydrogens is 392 g/mol. The molecule has 0 spiro atoms. The molecular formula is C19H18N6O5. The van der Waals surface area contributed by atoms with Crippen molar-refractivity contribution in [2.24, 2.45) is 0 Å². The number of aryl methyl sites for hydroxylation is 1. The minimum Gasteiger partial charge on any atom is -0.464 e. The number of esters is 1. The first-order valence-corrected chi connectivity index (χ1v) is 8.79. The van der Waals surface area contributed by atoms with Gasteiger partial charge in [-0.15, -0.1) is 0 Å². The van der Waals surface area contributed by atoms with Crippen LogP contribution in [-0.2, 0) is 9.47 Å². The zero-order chi connectivity index (χ0) is 22.0. The number of nitrogens with zero attached hydrogens (tertiary/aromatic N) is 4. The summed E-state index contributed by atoms with van der Waals surface area (Å²) in [5.41, 5.74) is 8.45. The number of fused-ring (bicyclic) bond motifs is 1. The highest BCUT2D eigenvalue weighted by Crippen LogP contribution is 2.25. The van der Waals surface area contributed by atoms with Gasteiger partial charge in [-0.2, -0.15) is 9.94 Å². The lowest BCUT2D eigenvalue weighted by atomic mass is 10.2. The van der Waals surface area contributed by atoms with Crippen LogP contribution in [0.5, 0.6) is 0 Å². The number of rotatable bonds is 4. The van der Waals surface area contributed by atoms with Gasteiger partial charge in [0, 0.05) is 11.9 Å². The zero-order valence-electron chi connectivity index (χ0n) is 16.4. The molecule has 0 fully saturated rings. The quantitative estimate of drug-likeness (QED) is 0.612. The summed E-state index contributed by atoms with van der Waals surface area (Å²) in [5, 5.41) is 9.42. The Morgan fingerprint density at radius 2 is 2.10 bits per heavy atom. The number of anilines is 1. The molecule has 154 valence electrons. The van der Waals surface area contributed by atoms with Gasteiger partial charge in [0.05, 0.1) is 35.9 Å². The Balaban J connectivity index is 2.21. The number of carbonyl (C=O) groups excluding carboxylic acids is 2. The molecule has 0 unspecified atom stereocenters. The van der Waals surface area contributed by atoms with Crippen molar-refractivity contribution in [1.29, 1.82) is 5.26 Å². The van der Waals surface area contributed by atoms with E-state index < -0.39 is 17.6 Å². The summed E-state index contributed by atoms with van der Waals surface area (Å²) in [4.78, 5) is 41.2. The Morgan fingerprint density at radius 3 is 2.73 bits per heavy atom. The summed E-state index contributed by atoms with van der Waals surface area (Å²) < 4.78 is 11.9. The van der Waals surface area contributed by atoms with Crippen LogP contribution in [0.4, 0.5) is 10.5 Å². The van der Waals surface area contributed by atoms with Crippen molar-refractivity contribution in [1.82, 2.24) is 14.2 Å². The van der Waals surface area contributed by atoms with Crippen LogP contribution < -0.4 is 16.7 Å². The largest absolute Gasteiger partial charge is 0.464 e. The zero-order valence-corrected chi connectivity index (χ0v) is 16.4. The number of nitrogens with one attached hydrogen (secondary N) is 1. The highest BCUT2D eigenvalue weighted by atomic mass is 16.6. The molecule has 1 amide bonds. The third-order valence-corrected chi connectivity index (χ3v) is 4.32. The number of benzene rings is 1. The van der Waals surface area contributed by atoms with Crippen LogP contribution in [0.3, 0.4) is 0 Å². The van der Waals surface area contributed by atoms with E-state index in [1.807, 2.05) is 6.07 Å². The first-order chi connectivity index (χ1) is 14.3. The number of ether oxygens (including phenoxy) is 2. The molecule has 0 aliphatic rings. The molecule has 0 saturated carbocycles. The highest BCUT2D eigenvalue weighted by Gasteiger charge is 2.22.